The van der Waals surface area contributed by atoms with E-state index in [0.717, 1.165) is 49.7 Å². The molecule has 2 aromatic carbocycles. The lowest BCUT2D eigenvalue weighted by Gasteiger charge is -2.32. The van der Waals surface area contributed by atoms with Gasteiger partial charge in [-0.25, -0.2) is 9.97 Å². The number of rotatable bonds is 5. The Labute approximate surface area is 154 Å². The molecule has 4 heteroatoms. The molecule has 1 N–H and O–H groups in total. The van der Waals surface area contributed by atoms with Crippen LogP contribution in [0.4, 0.5) is 5.82 Å². The van der Waals surface area contributed by atoms with E-state index in [-0.39, 0.29) is 0 Å². The smallest absolute Gasteiger partial charge is 0.161 e. The van der Waals surface area contributed by atoms with Gasteiger partial charge in [0, 0.05) is 37.4 Å². The molecule has 0 atom stereocenters. The van der Waals surface area contributed by atoms with Crippen LogP contribution in [0.1, 0.15) is 18.4 Å². The summed E-state index contributed by atoms with van der Waals surface area (Å²) in [4.78, 5) is 11.6. The van der Waals surface area contributed by atoms with Gasteiger partial charge in [-0.2, -0.15) is 0 Å². The Morgan fingerprint density at radius 3 is 2.31 bits per heavy atom. The van der Waals surface area contributed by atoms with Crippen molar-refractivity contribution in [2.45, 2.75) is 25.4 Å². The average molecular weight is 344 g/mol. The van der Waals surface area contributed by atoms with Crippen LogP contribution in [-0.2, 0) is 6.54 Å². The lowest BCUT2D eigenvalue weighted by atomic mass is 10.0. The normalized spacial score (nSPS) is 15.7. The van der Waals surface area contributed by atoms with Crippen LogP contribution in [0.3, 0.4) is 0 Å². The molecule has 0 bridgehead atoms. The van der Waals surface area contributed by atoms with Crippen molar-refractivity contribution in [2.75, 3.05) is 18.4 Å². The lowest BCUT2D eigenvalue weighted by molar-refractivity contribution is 0.211. The molecule has 1 saturated heterocycles. The fourth-order valence-corrected chi connectivity index (χ4v) is 3.45. The first-order valence-electron chi connectivity index (χ1n) is 9.28. The second-order valence-electron chi connectivity index (χ2n) is 6.81. The lowest BCUT2D eigenvalue weighted by Crippen LogP contribution is -2.38. The molecule has 0 unspecified atom stereocenters. The van der Waals surface area contributed by atoms with Gasteiger partial charge in [-0.3, -0.25) is 4.90 Å². The molecule has 4 rings (SSSR count). The summed E-state index contributed by atoms with van der Waals surface area (Å²) in [6.45, 7) is 3.27. The maximum atomic E-state index is 4.69. The molecule has 3 aromatic rings. The number of piperidine rings is 1. The van der Waals surface area contributed by atoms with E-state index in [1.165, 1.54) is 5.56 Å². The molecule has 1 aromatic heterocycles. The van der Waals surface area contributed by atoms with Gasteiger partial charge in [0.2, 0.25) is 0 Å². The maximum Gasteiger partial charge on any atom is 0.161 e. The molecular formula is C22H24N4. The summed E-state index contributed by atoms with van der Waals surface area (Å²) < 4.78 is 0. The highest BCUT2D eigenvalue weighted by molar-refractivity contribution is 5.56. The highest BCUT2D eigenvalue weighted by atomic mass is 15.1. The number of likely N-dealkylation sites (tertiary alicyclic amines) is 1. The minimum Gasteiger partial charge on any atom is -0.367 e. The van der Waals surface area contributed by atoms with Crippen LogP contribution < -0.4 is 5.32 Å². The van der Waals surface area contributed by atoms with Crippen LogP contribution in [0.15, 0.2) is 72.9 Å². The van der Waals surface area contributed by atoms with Crippen molar-refractivity contribution in [1.29, 1.82) is 0 Å². The molecule has 132 valence electrons. The SMILES string of the molecule is c1ccc(CN2CCC(Nc3ccnc(-c4ccccc4)n3)CC2)cc1. The van der Waals surface area contributed by atoms with E-state index in [4.69, 9.17) is 0 Å². The minimum atomic E-state index is 0.473. The summed E-state index contributed by atoms with van der Waals surface area (Å²) in [7, 11) is 0. The highest BCUT2D eigenvalue weighted by Gasteiger charge is 2.19. The zero-order chi connectivity index (χ0) is 17.6. The predicted molar refractivity (Wildman–Crippen MR) is 106 cm³/mol. The molecule has 0 aliphatic carbocycles. The number of aromatic nitrogens is 2. The van der Waals surface area contributed by atoms with Gasteiger partial charge in [-0.05, 0) is 24.5 Å². The molecule has 2 heterocycles. The largest absolute Gasteiger partial charge is 0.367 e. The van der Waals surface area contributed by atoms with Crippen LogP contribution in [0.25, 0.3) is 11.4 Å². The molecule has 0 spiro atoms. The summed E-state index contributed by atoms with van der Waals surface area (Å²) in [5, 5.41) is 3.60. The van der Waals surface area contributed by atoms with E-state index in [9.17, 15) is 0 Å². The van der Waals surface area contributed by atoms with E-state index in [1.54, 1.807) is 0 Å². The Kier molecular flexibility index (Phi) is 5.22. The third-order valence-electron chi connectivity index (χ3n) is 4.88. The molecule has 0 amide bonds. The Hall–Kier alpha value is -2.72. The number of nitrogens with one attached hydrogen (secondary N) is 1. The molecule has 0 saturated carbocycles. The summed E-state index contributed by atoms with van der Waals surface area (Å²) in [5.74, 6) is 1.69. The second-order valence-corrected chi connectivity index (χ2v) is 6.81. The highest BCUT2D eigenvalue weighted by Crippen LogP contribution is 2.19. The predicted octanol–water partition coefficient (Wildman–Crippen LogP) is 4.22. The van der Waals surface area contributed by atoms with E-state index >= 15 is 0 Å². The Balaban J connectivity index is 1.33. The van der Waals surface area contributed by atoms with E-state index in [1.807, 2.05) is 42.6 Å². The van der Waals surface area contributed by atoms with Gasteiger partial charge in [0.15, 0.2) is 5.82 Å². The number of hydrogen-bond acceptors (Lipinski definition) is 4. The van der Waals surface area contributed by atoms with Crippen molar-refractivity contribution in [2.24, 2.45) is 0 Å². The molecule has 0 radical (unpaired) electrons. The Morgan fingerprint density at radius 1 is 0.885 bits per heavy atom. The Morgan fingerprint density at radius 2 is 1.58 bits per heavy atom. The van der Waals surface area contributed by atoms with Crippen LogP contribution in [0.5, 0.6) is 0 Å². The first-order valence-corrected chi connectivity index (χ1v) is 9.28. The summed E-state index contributed by atoms with van der Waals surface area (Å²) in [6.07, 6.45) is 4.11. The third kappa shape index (κ3) is 4.27. The molecule has 1 aliphatic rings. The van der Waals surface area contributed by atoms with Gasteiger partial charge in [0.25, 0.3) is 0 Å². The zero-order valence-corrected chi connectivity index (χ0v) is 14.9. The number of anilines is 1. The van der Waals surface area contributed by atoms with Crippen LogP contribution >= 0.6 is 0 Å². The van der Waals surface area contributed by atoms with Crippen molar-refractivity contribution in [3.05, 3.63) is 78.5 Å². The number of hydrogen-bond donors (Lipinski definition) is 1. The fraction of sp³-hybridized carbons (Fsp3) is 0.273. The zero-order valence-electron chi connectivity index (χ0n) is 14.9. The first kappa shape index (κ1) is 16.7. The quantitative estimate of drug-likeness (QED) is 0.752. The molecule has 1 fully saturated rings. The van der Waals surface area contributed by atoms with E-state index < -0.39 is 0 Å². The van der Waals surface area contributed by atoms with Crippen LogP contribution in [-0.4, -0.2) is 34.0 Å². The summed E-state index contributed by atoms with van der Waals surface area (Å²) in [5.41, 5.74) is 2.44. The van der Waals surface area contributed by atoms with Crippen LogP contribution in [0, 0.1) is 0 Å². The topological polar surface area (TPSA) is 41.0 Å². The van der Waals surface area contributed by atoms with Crippen molar-refractivity contribution < 1.29 is 0 Å². The van der Waals surface area contributed by atoms with Gasteiger partial charge in [0.1, 0.15) is 5.82 Å². The van der Waals surface area contributed by atoms with Gasteiger partial charge in [-0.1, -0.05) is 60.7 Å². The molecule has 26 heavy (non-hydrogen) atoms. The molecule has 1 aliphatic heterocycles. The summed E-state index contributed by atoms with van der Waals surface area (Å²) >= 11 is 0. The van der Waals surface area contributed by atoms with Crippen molar-refractivity contribution in [1.82, 2.24) is 14.9 Å². The van der Waals surface area contributed by atoms with E-state index in [2.05, 4.69) is 50.5 Å². The maximum absolute atomic E-state index is 4.69. The minimum absolute atomic E-state index is 0.473. The van der Waals surface area contributed by atoms with Crippen molar-refractivity contribution >= 4 is 5.82 Å². The van der Waals surface area contributed by atoms with Crippen LogP contribution in [0.2, 0.25) is 0 Å². The van der Waals surface area contributed by atoms with E-state index in [0.29, 0.717) is 6.04 Å². The fourth-order valence-electron chi connectivity index (χ4n) is 3.45. The monoisotopic (exact) mass is 344 g/mol. The molecule has 4 nitrogen and oxygen atoms in total. The summed E-state index contributed by atoms with van der Waals surface area (Å²) in [6, 6.07) is 23.3. The first-order chi connectivity index (χ1) is 12.9. The van der Waals surface area contributed by atoms with Crippen molar-refractivity contribution in [3.8, 4) is 11.4 Å². The van der Waals surface area contributed by atoms with Gasteiger partial charge < -0.3 is 5.32 Å². The third-order valence-corrected chi connectivity index (χ3v) is 4.88. The standard InChI is InChI=1S/C22H24N4/c1-3-7-18(8-4-1)17-26-15-12-20(13-16-26)24-21-11-14-23-22(25-21)19-9-5-2-6-10-19/h1-11,14,20H,12-13,15-17H2,(H,23,24,25). The van der Waals surface area contributed by atoms with Gasteiger partial charge in [-0.15, -0.1) is 0 Å². The van der Waals surface area contributed by atoms with Crippen molar-refractivity contribution in [3.63, 3.8) is 0 Å². The van der Waals surface area contributed by atoms with Gasteiger partial charge in [0.05, 0.1) is 0 Å². The number of nitrogens with zero attached hydrogens (tertiary/aromatic N) is 3. The molecular weight excluding hydrogens is 320 g/mol. The second kappa shape index (κ2) is 8.11. The average Bonchev–Trinajstić information content (AvgIpc) is 2.71. The Bertz CT molecular complexity index is 812. The number of benzene rings is 2. The van der Waals surface area contributed by atoms with Gasteiger partial charge >= 0.3 is 0 Å².